The van der Waals surface area contributed by atoms with Gasteiger partial charge in [0.1, 0.15) is 11.4 Å². The van der Waals surface area contributed by atoms with Crippen LogP contribution < -0.4 is 10.1 Å². The number of aromatic nitrogens is 1. The Bertz CT molecular complexity index is 936. The van der Waals surface area contributed by atoms with E-state index < -0.39 is 0 Å². The lowest BCUT2D eigenvalue weighted by Crippen LogP contribution is -2.49. The van der Waals surface area contributed by atoms with Crippen molar-refractivity contribution in [2.75, 3.05) is 26.7 Å². The molecule has 1 aliphatic heterocycles. The van der Waals surface area contributed by atoms with Crippen LogP contribution in [0.1, 0.15) is 22.1 Å². The van der Waals surface area contributed by atoms with Crippen molar-refractivity contribution < 1.29 is 9.53 Å². The van der Waals surface area contributed by atoms with Gasteiger partial charge < -0.3 is 15.0 Å². The number of benzene rings is 2. The van der Waals surface area contributed by atoms with E-state index in [1.807, 2.05) is 59.5 Å². The maximum Gasteiger partial charge on any atom is 0.273 e. The average molecular weight is 347 g/mol. The van der Waals surface area contributed by atoms with Crippen molar-refractivity contribution in [1.29, 1.82) is 0 Å². The molecule has 132 valence electrons. The second-order valence-electron chi connectivity index (χ2n) is 6.34. The third-order valence-corrected chi connectivity index (χ3v) is 4.88. The molecule has 0 unspecified atom stereocenters. The number of piperazine rings is 1. The Balaban J connectivity index is 1.75. The number of nitrogens with zero attached hydrogens (tertiary/aromatic N) is 2. The third kappa shape index (κ3) is 2.91. The smallest absolute Gasteiger partial charge is 0.273 e. The van der Waals surface area contributed by atoms with E-state index in [0.29, 0.717) is 18.8 Å². The molecule has 4 rings (SSSR count). The molecule has 5 heteroatoms. The van der Waals surface area contributed by atoms with Gasteiger partial charge in [0.05, 0.1) is 13.2 Å². The second-order valence-corrected chi connectivity index (χ2v) is 6.34. The molecule has 2 heterocycles. The standard InChI is InChI=1S/C21H21N3O2/c1-26-19-9-5-4-8-17(19)18-14-22-12-13-24(18)21(25)20-16-7-3-2-6-15(16)10-11-23-20/h2-11,18,22H,12-14H2,1H3/t18-/m0/s1. The molecule has 1 atom stereocenters. The Hall–Kier alpha value is -2.92. The Morgan fingerprint density at radius 3 is 2.85 bits per heavy atom. The molecule has 0 bridgehead atoms. The molecule has 0 aliphatic carbocycles. The molecule has 5 nitrogen and oxygen atoms in total. The number of para-hydroxylation sites is 1. The zero-order chi connectivity index (χ0) is 17.9. The van der Waals surface area contributed by atoms with Crippen molar-refractivity contribution in [2.24, 2.45) is 0 Å². The van der Waals surface area contributed by atoms with Crippen molar-refractivity contribution in [2.45, 2.75) is 6.04 Å². The zero-order valence-electron chi connectivity index (χ0n) is 14.7. The van der Waals surface area contributed by atoms with Gasteiger partial charge in [-0.15, -0.1) is 0 Å². The Morgan fingerprint density at radius 2 is 1.96 bits per heavy atom. The normalized spacial score (nSPS) is 17.3. The number of hydrogen-bond acceptors (Lipinski definition) is 4. The minimum absolute atomic E-state index is 0.0424. The van der Waals surface area contributed by atoms with Crippen LogP contribution in [-0.2, 0) is 0 Å². The maximum atomic E-state index is 13.4. The SMILES string of the molecule is COc1ccccc1[C@@H]1CNCCN1C(=O)c1nccc2ccccc12. The topological polar surface area (TPSA) is 54.5 Å². The number of nitrogens with one attached hydrogen (secondary N) is 1. The summed E-state index contributed by atoms with van der Waals surface area (Å²) in [5.74, 6) is 0.754. The predicted octanol–water partition coefficient (Wildman–Crippen LogP) is 3.03. The molecule has 26 heavy (non-hydrogen) atoms. The number of hydrogen-bond donors (Lipinski definition) is 1. The average Bonchev–Trinajstić information content (AvgIpc) is 2.73. The molecule has 1 saturated heterocycles. The molecule has 1 amide bonds. The summed E-state index contributed by atoms with van der Waals surface area (Å²) in [5.41, 5.74) is 1.51. The number of pyridine rings is 1. The van der Waals surface area contributed by atoms with Gasteiger partial charge in [0.25, 0.3) is 5.91 Å². The third-order valence-electron chi connectivity index (χ3n) is 4.88. The first-order valence-electron chi connectivity index (χ1n) is 8.78. The van der Waals surface area contributed by atoms with Crippen molar-refractivity contribution >= 4 is 16.7 Å². The Morgan fingerprint density at radius 1 is 1.15 bits per heavy atom. The Labute approximate surface area is 152 Å². The second kappa shape index (κ2) is 7.14. The number of carbonyl (C=O) groups excluding carboxylic acids is 1. The fourth-order valence-electron chi connectivity index (χ4n) is 3.59. The van der Waals surface area contributed by atoms with Crippen LogP contribution in [0.4, 0.5) is 0 Å². The van der Waals surface area contributed by atoms with Gasteiger partial charge in [-0.25, -0.2) is 0 Å². The van der Waals surface area contributed by atoms with Crippen molar-refractivity contribution in [3.63, 3.8) is 0 Å². The first-order valence-corrected chi connectivity index (χ1v) is 8.78. The largest absolute Gasteiger partial charge is 0.496 e. The van der Waals surface area contributed by atoms with Gasteiger partial charge >= 0.3 is 0 Å². The molecular weight excluding hydrogens is 326 g/mol. The lowest BCUT2D eigenvalue weighted by Gasteiger charge is -2.37. The molecule has 1 N–H and O–H groups in total. The van der Waals surface area contributed by atoms with E-state index >= 15 is 0 Å². The van der Waals surface area contributed by atoms with E-state index in [9.17, 15) is 4.79 Å². The lowest BCUT2D eigenvalue weighted by atomic mass is 10.0. The highest BCUT2D eigenvalue weighted by molar-refractivity contribution is 6.05. The minimum Gasteiger partial charge on any atom is -0.496 e. The highest BCUT2D eigenvalue weighted by Gasteiger charge is 2.31. The van der Waals surface area contributed by atoms with E-state index in [0.717, 1.165) is 28.6 Å². The van der Waals surface area contributed by atoms with E-state index in [1.54, 1.807) is 13.3 Å². The molecular formula is C21H21N3O2. The summed E-state index contributed by atoms with van der Waals surface area (Å²) in [6.07, 6.45) is 1.70. The number of ether oxygens (including phenoxy) is 1. The summed E-state index contributed by atoms with van der Waals surface area (Å²) < 4.78 is 5.52. The van der Waals surface area contributed by atoms with Crippen LogP contribution >= 0.6 is 0 Å². The van der Waals surface area contributed by atoms with Crippen molar-refractivity contribution in [1.82, 2.24) is 15.2 Å². The minimum atomic E-state index is -0.0897. The first kappa shape index (κ1) is 16.5. The number of fused-ring (bicyclic) bond motifs is 1. The highest BCUT2D eigenvalue weighted by atomic mass is 16.5. The van der Waals surface area contributed by atoms with Gasteiger partial charge in [-0.05, 0) is 17.5 Å². The highest BCUT2D eigenvalue weighted by Crippen LogP contribution is 2.31. The summed E-state index contributed by atoms with van der Waals surface area (Å²) in [4.78, 5) is 19.7. The van der Waals surface area contributed by atoms with Gasteiger partial charge in [0.2, 0.25) is 0 Å². The number of rotatable bonds is 3. The molecule has 1 aliphatic rings. The monoisotopic (exact) mass is 347 g/mol. The molecule has 1 fully saturated rings. The summed E-state index contributed by atoms with van der Waals surface area (Å²) in [5, 5.41) is 5.30. The van der Waals surface area contributed by atoms with Gasteiger partial charge in [-0.2, -0.15) is 0 Å². The van der Waals surface area contributed by atoms with Gasteiger partial charge in [-0.3, -0.25) is 9.78 Å². The quantitative estimate of drug-likeness (QED) is 0.791. The molecule has 0 spiro atoms. The number of amides is 1. The molecule has 3 aromatic rings. The lowest BCUT2D eigenvalue weighted by molar-refractivity contribution is 0.0628. The van der Waals surface area contributed by atoms with Crippen LogP contribution in [0.2, 0.25) is 0 Å². The van der Waals surface area contributed by atoms with Crippen LogP contribution in [0, 0.1) is 0 Å². The molecule has 1 aromatic heterocycles. The summed E-state index contributed by atoms with van der Waals surface area (Å²) in [6.45, 7) is 2.09. The van der Waals surface area contributed by atoms with Crippen LogP contribution in [0.5, 0.6) is 5.75 Å². The van der Waals surface area contributed by atoms with Crippen molar-refractivity contribution in [3.05, 3.63) is 72.1 Å². The van der Waals surface area contributed by atoms with Crippen LogP contribution in [0.25, 0.3) is 10.8 Å². The predicted molar refractivity (Wildman–Crippen MR) is 101 cm³/mol. The van der Waals surface area contributed by atoms with E-state index in [4.69, 9.17) is 4.74 Å². The molecule has 0 radical (unpaired) electrons. The van der Waals surface area contributed by atoms with Gasteiger partial charge in [-0.1, -0.05) is 42.5 Å². The maximum absolute atomic E-state index is 13.4. The van der Waals surface area contributed by atoms with Crippen LogP contribution in [0.15, 0.2) is 60.8 Å². The van der Waals surface area contributed by atoms with Crippen LogP contribution in [-0.4, -0.2) is 42.5 Å². The zero-order valence-corrected chi connectivity index (χ0v) is 14.7. The van der Waals surface area contributed by atoms with Crippen LogP contribution in [0.3, 0.4) is 0 Å². The van der Waals surface area contributed by atoms with Crippen molar-refractivity contribution in [3.8, 4) is 5.75 Å². The Kier molecular flexibility index (Phi) is 4.54. The summed E-state index contributed by atoms with van der Waals surface area (Å²) in [7, 11) is 1.66. The molecule has 0 saturated carbocycles. The number of methoxy groups -OCH3 is 1. The van der Waals surface area contributed by atoms with E-state index in [2.05, 4.69) is 10.3 Å². The first-order chi connectivity index (χ1) is 12.8. The molecule has 2 aromatic carbocycles. The van der Waals surface area contributed by atoms with E-state index in [-0.39, 0.29) is 11.9 Å². The van der Waals surface area contributed by atoms with Gasteiger partial charge in [0, 0.05) is 36.8 Å². The summed E-state index contributed by atoms with van der Waals surface area (Å²) >= 11 is 0. The summed E-state index contributed by atoms with van der Waals surface area (Å²) in [6, 6.07) is 17.6. The number of carbonyl (C=O) groups is 1. The van der Waals surface area contributed by atoms with E-state index in [1.165, 1.54) is 0 Å². The fraction of sp³-hybridized carbons (Fsp3) is 0.238. The fourth-order valence-corrected chi connectivity index (χ4v) is 3.59. The van der Waals surface area contributed by atoms with Gasteiger partial charge in [0.15, 0.2) is 0 Å².